The van der Waals surface area contributed by atoms with Gasteiger partial charge in [-0.15, -0.1) is 0 Å². The van der Waals surface area contributed by atoms with Gasteiger partial charge in [-0.05, 0) is 42.5 Å². The number of pyridine rings is 1. The fourth-order valence-electron chi connectivity index (χ4n) is 3.81. The van der Waals surface area contributed by atoms with E-state index in [1.807, 2.05) is 57.8 Å². The number of ether oxygens (including phenoxy) is 4. The van der Waals surface area contributed by atoms with Crippen LogP contribution in [0.15, 0.2) is 78.2 Å². The summed E-state index contributed by atoms with van der Waals surface area (Å²) in [4.78, 5) is 16.5. The summed E-state index contributed by atoms with van der Waals surface area (Å²) in [6.07, 6.45) is 7.13. The highest BCUT2D eigenvalue weighted by molar-refractivity contribution is 5.82. The minimum atomic E-state index is -0.0106. The Labute approximate surface area is 190 Å². The highest BCUT2D eigenvalue weighted by Gasteiger charge is 2.14. The number of imidazole rings is 1. The summed E-state index contributed by atoms with van der Waals surface area (Å²) in [7, 11) is 0. The number of rotatable bonds is 8. The zero-order valence-corrected chi connectivity index (χ0v) is 18.1. The molecule has 0 radical (unpaired) electrons. The molecule has 170 valence electrons. The van der Waals surface area contributed by atoms with Crippen LogP contribution < -0.4 is 10.2 Å². The Hall–Kier alpha value is -3.46. The lowest BCUT2D eigenvalue weighted by molar-refractivity contribution is -0.116. The van der Waals surface area contributed by atoms with E-state index in [1.54, 1.807) is 24.8 Å². The molecule has 8 nitrogen and oxygen atoms in total. The normalized spacial score (nSPS) is 16.2. The number of aromatic nitrogens is 3. The topological polar surface area (TPSA) is 76.7 Å². The molecule has 4 aromatic rings. The summed E-state index contributed by atoms with van der Waals surface area (Å²) in [5, 5.41) is 0.659. The van der Waals surface area contributed by atoms with Crippen LogP contribution in [0.2, 0.25) is 0 Å². The summed E-state index contributed by atoms with van der Waals surface area (Å²) in [5.74, 6) is 0.754. The van der Waals surface area contributed by atoms with Crippen LogP contribution in [-0.4, -0.2) is 59.9 Å². The first-order chi connectivity index (χ1) is 16.3. The summed E-state index contributed by atoms with van der Waals surface area (Å²) in [5.41, 5.74) is 2.68. The Balaban J connectivity index is 1.26. The van der Waals surface area contributed by atoms with Crippen molar-refractivity contribution in [2.24, 2.45) is 0 Å². The molecule has 33 heavy (non-hydrogen) atoms. The standard InChI is InChI=1S/C25H25N3O5/c29-25-7-9-28(24-15-20(3-6-23(24)25)27-10-8-26-18-27)19-1-4-21(5-2-19)32-13-11-30-16-22-17-31-12-14-33-22/h1-10,15,18,22H,11-14,16-17H2. The van der Waals surface area contributed by atoms with E-state index in [2.05, 4.69) is 4.98 Å². The molecule has 1 saturated heterocycles. The van der Waals surface area contributed by atoms with E-state index in [0.29, 0.717) is 45.0 Å². The zero-order valence-electron chi connectivity index (χ0n) is 18.1. The Morgan fingerprint density at radius 1 is 1.00 bits per heavy atom. The summed E-state index contributed by atoms with van der Waals surface area (Å²) in [6, 6.07) is 15.1. The Kier molecular flexibility index (Phi) is 6.48. The fourth-order valence-corrected chi connectivity index (χ4v) is 3.81. The van der Waals surface area contributed by atoms with Crippen molar-refractivity contribution in [3.63, 3.8) is 0 Å². The third-order valence-corrected chi connectivity index (χ3v) is 5.48. The number of benzene rings is 2. The van der Waals surface area contributed by atoms with Crippen molar-refractivity contribution in [2.45, 2.75) is 6.10 Å². The fraction of sp³-hybridized carbons (Fsp3) is 0.280. The maximum Gasteiger partial charge on any atom is 0.189 e. The second-order valence-corrected chi connectivity index (χ2v) is 7.71. The molecule has 0 N–H and O–H groups in total. The molecule has 3 heterocycles. The first-order valence-corrected chi connectivity index (χ1v) is 10.9. The molecule has 1 aliphatic rings. The van der Waals surface area contributed by atoms with Crippen molar-refractivity contribution in [3.8, 4) is 17.1 Å². The number of fused-ring (bicyclic) bond motifs is 1. The van der Waals surface area contributed by atoms with E-state index in [-0.39, 0.29) is 11.5 Å². The second kappa shape index (κ2) is 9.99. The molecule has 0 bridgehead atoms. The van der Waals surface area contributed by atoms with Crippen molar-refractivity contribution in [3.05, 3.63) is 83.7 Å². The van der Waals surface area contributed by atoms with Gasteiger partial charge in [0.15, 0.2) is 5.43 Å². The lowest BCUT2D eigenvalue weighted by Crippen LogP contribution is -2.32. The average Bonchev–Trinajstić information content (AvgIpc) is 3.40. The molecule has 8 heteroatoms. The van der Waals surface area contributed by atoms with Crippen LogP contribution in [0.4, 0.5) is 0 Å². The van der Waals surface area contributed by atoms with Gasteiger partial charge in [0.1, 0.15) is 18.5 Å². The minimum Gasteiger partial charge on any atom is -0.491 e. The van der Waals surface area contributed by atoms with E-state index >= 15 is 0 Å². The Morgan fingerprint density at radius 2 is 1.88 bits per heavy atom. The molecule has 0 saturated carbocycles. The lowest BCUT2D eigenvalue weighted by Gasteiger charge is -2.22. The van der Waals surface area contributed by atoms with Gasteiger partial charge < -0.3 is 28.1 Å². The maximum atomic E-state index is 12.4. The first kappa shape index (κ1) is 21.4. The van der Waals surface area contributed by atoms with Gasteiger partial charge in [-0.1, -0.05) is 0 Å². The van der Waals surface area contributed by atoms with Gasteiger partial charge in [0.25, 0.3) is 0 Å². The van der Waals surface area contributed by atoms with Crippen LogP contribution in [0.1, 0.15) is 0 Å². The van der Waals surface area contributed by atoms with E-state index < -0.39 is 0 Å². The van der Waals surface area contributed by atoms with Crippen molar-refractivity contribution in [1.29, 1.82) is 0 Å². The van der Waals surface area contributed by atoms with E-state index in [9.17, 15) is 4.79 Å². The monoisotopic (exact) mass is 447 g/mol. The third-order valence-electron chi connectivity index (χ3n) is 5.48. The van der Waals surface area contributed by atoms with Crippen LogP contribution in [0.3, 0.4) is 0 Å². The molecule has 0 spiro atoms. The molecular formula is C25H25N3O5. The Bertz CT molecular complexity index is 1250. The largest absolute Gasteiger partial charge is 0.491 e. The molecule has 5 rings (SSSR count). The van der Waals surface area contributed by atoms with Crippen LogP contribution >= 0.6 is 0 Å². The minimum absolute atomic E-state index is 0.000294. The predicted molar refractivity (Wildman–Crippen MR) is 124 cm³/mol. The molecule has 0 amide bonds. The molecule has 1 fully saturated rings. The lowest BCUT2D eigenvalue weighted by atomic mass is 10.1. The van der Waals surface area contributed by atoms with Crippen molar-refractivity contribution in [1.82, 2.24) is 14.1 Å². The average molecular weight is 447 g/mol. The van der Waals surface area contributed by atoms with E-state index in [4.69, 9.17) is 18.9 Å². The van der Waals surface area contributed by atoms with Gasteiger partial charge in [0.2, 0.25) is 0 Å². The highest BCUT2D eigenvalue weighted by atomic mass is 16.6. The molecular weight excluding hydrogens is 422 g/mol. The molecule has 2 aromatic carbocycles. The Morgan fingerprint density at radius 3 is 2.67 bits per heavy atom. The summed E-state index contributed by atoms with van der Waals surface area (Å²) < 4.78 is 26.2. The third kappa shape index (κ3) is 4.98. The van der Waals surface area contributed by atoms with Crippen LogP contribution in [0.25, 0.3) is 22.3 Å². The SMILES string of the molecule is O=c1ccn(-c2ccc(OCCOCC3COCCO3)cc2)c2cc(-n3ccnc3)ccc12. The van der Waals surface area contributed by atoms with Crippen LogP contribution in [0.5, 0.6) is 5.75 Å². The highest BCUT2D eigenvalue weighted by Crippen LogP contribution is 2.22. The van der Waals surface area contributed by atoms with E-state index in [1.165, 1.54) is 0 Å². The molecule has 0 aliphatic carbocycles. The molecule has 1 atom stereocenters. The second-order valence-electron chi connectivity index (χ2n) is 7.71. The first-order valence-electron chi connectivity index (χ1n) is 10.9. The smallest absolute Gasteiger partial charge is 0.189 e. The molecule has 1 aliphatic heterocycles. The summed E-state index contributed by atoms with van der Waals surface area (Å²) >= 11 is 0. The van der Waals surface area contributed by atoms with Crippen molar-refractivity contribution >= 4 is 10.9 Å². The van der Waals surface area contributed by atoms with Crippen molar-refractivity contribution < 1.29 is 18.9 Å². The predicted octanol–water partition coefficient (Wildman–Crippen LogP) is 2.99. The number of nitrogens with zero attached hydrogens (tertiary/aromatic N) is 3. The van der Waals surface area contributed by atoms with Gasteiger partial charge >= 0.3 is 0 Å². The van der Waals surface area contributed by atoms with Gasteiger partial charge in [-0.2, -0.15) is 0 Å². The number of hydrogen-bond donors (Lipinski definition) is 0. The van der Waals surface area contributed by atoms with Gasteiger partial charge in [0.05, 0.1) is 44.9 Å². The van der Waals surface area contributed by atoms with Crippen LogP contribution in [0, 0.1) is 0 Å². The number of hydrogen-bond acceptors (Lipinski definition) is 6. The van der Waals surface area contributed by atoms with Crippen LogP contribution in [-0.2, 0) is 14.2 Å². The van der Waals surface area contributed by atoms with Gasteiger partial charge in [-0.3, -0.25) is 4.79 Å². The van der Waals surface area contributed by atoms with Gasteiger partial charge in [-0.25, -0.2) is 4.98 Å². The van der Waals surface area contributed by atoms with Crippen molar-refractivity contribution in [2.75, 3.05) is 39.6 Å². The maximum absolute atomic E-state index is 12.4. The molecule has 1 unspecified atom stereocenters. The van der Waals surface area contributed by atoms with Gasteiger partial charge in [0, 0.05) is 41.4 Å². The quantitative estimate of drug-likeness (QED) is 0.387. The molecule has 2 aromatic heterocycles. The summed E-state index contributed by atoms with van der Waals surface area (Å²) in [6.45, 7) is 3.27. The zero-order chi connectivity index (χ0) is 22.5. The van der Waals surface area contributed by atoms with E-state index in [0.717, 1.165) is 22.6 Å².